The van der Waals surface area contributed by atoms with Crippen LogP contribution >= 0.6 is 0 Å². The van der Waals surface area contributed by atoms with Gasteiger partial charge < -0.3 is 14.2 Å². The zero-order valence-electron chi connectivity index (χ0n) is 13.1. The van der Waals surface area contributed by atoms with Crippen LogP contribution in [0.15, 0.2) is 67.0 Å². The highest BCUT2D eigenvalue weighted by Crippen LogP contribution is 2.19. The Labute approximate surface area is 140 Å². The molecular formula is C18H12N2O5. The number of aromatic nitrogens is 1. The molecule has 0 aliphatic rings. The Hall–Kier alpha value is -3.61. The zero-order valence-corrected chi connectivity index (χ0v) is 13.1. The van der Waals surface area contributed by atoms with E-state index >= 15 is 0 Å². The largest absolute Gasteiger partial charge is 0.422 e. The lowest BCUT2D eigenvalue weighted by molar-refractivity contribution is 0.102. The fraction of sp³-hybridized carbons (Fsp3) is 0.0556. The van der Waals surface area contributed by atoms with Crippen LogP contribution in [0.25, 0.3) is 22.1 Å². The summed E-state index contributed by atoms with van der Waals surface area (Å²) >= 11 is 0. The number of anilines is 1. The number of benzene rings is 2. The number of amides is 1. The van der Waals surface area contributed by atoms with Gasteiger partial charge in [-0.25, -0.2) is 9.59 Å². The number of aryl methyl sites for hydroxylation is 1. The molecule has 0 saturated heterocycles. The Balaban J connectivity index is 1.72. The van der Waals surface area contributed by atoms with Gasteiger partial charge in [0.25, 0.3) is 5.91 Å². The van der Waals surface area contributed by atoms with Crippen molar-refractivity contribution in [1.82, 2.24) is 4.57 Å². The molecule has 0 bridgehead atoms. The molecule has 4 aromatic rings. The summed E-state index contributed by atoms with van der Waals surface area (Å²) in [6, 6.07) is 13.2. The van der Waals surface area contributed by atoms with Gasteiger partial charge in [-0.1, -0.05) is 18.2 Å². The smallest absolute Gasteiger partial charge is 0.419 e. The van der Waals surface area contributed by atoms with Crippen molar-refractivity contribution in [2.45, 2.75) is 0 Å². The lowest BCUT2D eigenvalue weighted by Crippen LogP contribution is -2.20. The SMILES string of the molecule is Cn1c(=O)oc2ccc(NC(=O)c3cc4ccccc4oc3=O)cc21. The van der Waals surface area contributed by atoms with E-state index in [4.69, 9.17) is 8.83 Å². The van der Waals surface area contributed by atoms with E-state index in [9.17, 15) is 14.4 Å². The minimum absolute atomic E-state index is 0.0973. The summed E-state index contributed by atoms with van der Waals surface area (Å²) < 4.78 is 11.5. The molecular weight excluding hydrogens is 324 g/mol. The van der Waals surface area contributed by atoms with E-state index in [1.165, 1.54) is 10.6 Å². The van der Waals surface area contributed by atoms with Crippen molar-refractivity contribution in [3.05, 3.63) is 75.1 Å². The van der Waals surface area contributed by atoms with E-state index < -0.39 is 17.3 Å². The fourth-order valence-electron chi connectivity index (χ4n) is 2.62. The first kappa shape index (κ1) is 14.9. The van der Waals surface area contributed by atoms with Gasteiger partial charge in [0.05, 0.1) is 5.52 Å². The second kappa shape index (κ2) is 5.48. The molecule has 1 amide bonds. The molecule has 7 nitrogen and oxygen atoms in total. The lowest BCUT2D eigenvalue weighted by Gasteiger charge is -2.05. The Morgan fingerprint density at radius 2 is 1.80 bits per heavy atom. The normalized spacial score (nSPS) is 11.1. The van der Waals surface area contributed by atoms with Crippen LogP contribution < -0.4 is 16.7 Å². The van der Waals surface area contributed by atoms with Crippen molar-refractivity contribution in [1.29, 1.82) is 0 Å². The second-order valence-electron chi connectivity index (χ2n) is 5.55. The summed E-state index contributed by atoms with van der Waals surface area (Å²) in [5.41, 5.74) is 0.984. The molecule has 0 spiro atoms. The maximum atomic E-state index is 12.4. The highest BCUT2D eigenvalue weighted by Gasteiger charge is 2.15. The zero-order chi connectivity index (χ0) is 17.6. The number of carbonyl (C=O) groups excluding carboxylic acids is 1. The average Bonchev–Trinajstić information content (AvgIpc) is 2.88. The molecule has 124 valence electrons. The number of para-hydroxylation sites is 1. The van der Waals surface area contributed by atoms with E-state index in [-0.39, 0.29) is 5.56 Å². The average molecular weight is 336 g/mol. The standard InChI is InChI=1S/C18H12N2O5/c1-20-13-9-11(6-7-15(13)25-18(20)23)19-16(21)12-8-10-4-2-3-5-14(10)24-17(12)22/h2-9H,1H3,(H,19,21). The Bertz CT molecular complexity index is 1250. The van der Waals surface area contributed by atoms with Crippen molar-refractivity contribution in [3.8, 4) is 0 Å². The number of oxazole rings is 1. The predicted molar refractivity (Wildman–Crippen MR) is 91.9 cm³/mol. The molecule has 0 aliphatic heterocycles. The molecule has 0 fully saturated rings. The minimum Gasteiger partial charge on any atom is -0.422 e. The van der Waals surface area contributed by atoms with E-state index in [0.29, 0.717) is 27.8 Å². The molecule has 25 heavy (non-hydrogen) atoms. The van der Waals surface area contributed by atoms with E-state index in [0.717, 1.165) is 0 Å². The summed E-state index contributed by atoms with van der Waals surface area (Å²) in [5, 5.41) is 3.29. The Morgan fingerprint density at radius 3 is 2.64 bits per heavy atom. The molecule has 0 aliphatic carbocycles. The number of fused-ring (bicyclic) bond motifs is 2. The Morgan fingerprint density at radius 1 is 1.00 bits per heavy atom. The molecule has 0 saturated carbocycles. The minimum atomic E-state index is -0.715. The molecule has 4 rings (SSSR count). The van der Waals surface area contributed by atoms with Gasteiger partial charge in [0.15, 0.2) is 5.58 Å². The number of nitrogens with one attached hydrogen (secondary N) is 1. The molecule has 2 aromatic carbocycles. The summed E-state index contributed by atoms with van der Waals surface area (Å²) in [6.07, 6.45) is 0. The van der Waals surface area contributed by atoms with Gasteiger partial charge in [-0.2, -0.15) is 0 Å². The van der Waals surface area contributed by atoms with Crippen molar-refractivity contribution in [2.75, 3.05) is 5.32 Å². The van der Waals surface area contributed by atoms with Gasteiger partial charge in [0, 0.05) is 18.1 Å². The van der Waals surface area contributed by atoms with Crippen molar-refractivity contribution in [3.63, 3.8) is 0 Å². The summed E-state index contributed by atoms with van der Waals surface area (Å²) in [6.45, 7) is 0. The molecule has 0 atom stereocenters. The van der Waals surface area contributed by atoms with Crippen LogP contribution in [0.4, 0.5) is 5.69 Å². The number of hydrogen-bond acceptors (Lipinski definition) is 5. The summed E-state index contributed by atoms with van der Waals surface area (Å²) in [5.74, 6) is -1.08. The van der Waals surface area contributed by atoms with Crippen LogP contribution in [-0.2, 0) is 7.05 Å². The van der Waals surface area contributed by atoms with Crippen LogP contribution in [0, 0.1) is 0 Å². The van der Waals surface area contributed by atoms with Crippen molar-refractivity contribution >= 4 is 33.7 Å². The highest BCUT2D eigenvalue weighted by molar-refractivity contribution is 6.06. The van der Waals surface area contributed by atoms with Gasteiger partial charge in [0.2, 0.25) is 0 Å². The number of hydrogen-bond donors (Lipinski definition) is 1. The second-order valence-corrected chi connectivity index (χ2v) is 5.55. The third-order valence-electron chi connectivity index (χ3n) is 3.94. The molecule has 2 aromatic heterocycles. The first-order valence-electron chi connectivity index (χ1n) is 7.47. The van der Waals surface area contributed by atoms with Crippen LogP contribution in [0.1, 0.15) is 10.4 Å². The van der Waals surface area contributed by atoms with Crippen LogP contribution in [0.2, 0.25) is 0 Å². The monoisotopic (exact) mass is 336 g/mol. The molecule has 7 heteroatoms. The maximum absolute atomic E-state index is 12.4. The lowest BCUT2D eigenvalue weighted by atomic mass is 10.1. The number of carbonyl (C=O) groups is 1. The predicted octanol–water partition coefficient (Wildman–Crippen LogP) is 2.49. The summed E-state index contributed by atoms with van der Waals surface area (Å²) in [7, 11) is 1.57. The van der Waals surface area contributed by atoms with Gasteiger partial charge >= 0.3 is 11.4 Å². The third-order valence-corrected chi connectivity index (χ3v) is 3.94. The summed E-state index contributed by atoms with van der Waals surface area (Å²) in [4.78, 5) is 36.0. The Kier molecular flexibility index (Phi) is 3.28. The quantitative estimate of drug-likeness (QED) is 0.568. The van der Waals surface area contributed by atoms with E-state index in [1.807, 2.05) is 0 Å². The van der Waals surface area contributed by atoms with Crippen molar-refractivity contribution < 1.29 is 13.6 Å². The number of nitrogens with zero attached hydrogens (tertiary/aromatic N) is 1. The van der Waals surface area contributed by atoms with Crippen LogP contribution in [-0.4, -0.2) is 10.5 Å². The van der Waals surface area contributed by atoms with Crippen LogP contribution in [0.3, 0.4) is 0 Å². The third kappa shape index (κ3) is 2.51. The highest BCUT2D eigenvalue weighted by atomic mass is 16.4. The first-order valence-corrected chi connectivity index (χ1v) is 7.47. The number of rotatable bonds is 2. The maximum Gasteiger partial charge on any atom is 0.419 e. The van der Waals surface area contributed by atoms with Crippen LogP contribution in [0.5, 0.6) is 0 Å². The van der Waals surface area contributed by atoms with E-state index in [2.05, 4.69) is 5.32 Å². The molecule has 2 heterocycles. The van der Waals surface area contributed by atoms with E-state index in [1.54, 1.807) is 49.5 Å². The molecule has 0 radical (unpaired) electrons. The van der Waals surface area contributed by atoms with Gasteiger partial charge in [-0.15, -0.1) is 0 Å². The first-order chi connectivity index (χ1) is 12.0. The molecule has 0 unspecified atom stereocenters. The topological polar surface area (TPSA) is 94.5 Å². The fourth-order valence-corrected chi connectivity index (χ4v) is 2.62. The molecule has 1 N–H and O–H groups in total. The van der Waals surface area contributed by atoms with Gasteiger partial charge in [-0.05, 0) is 30.3 Å². The van der Waals surface area contributed by atoms with Gasteiger partial charge in [0.1, 0.15) is 11.1 Å². The van der Waals surface area contributed by atoms with Crippen molar-refractivity contribution in [2.24, 2.45) is 7.05 Å². The van der Waals surface area contributed by atoms with Gasteiger partial charge in [-0.3, -0.25) is 9.36 Å².